The maximum absolute atomic E-state index is 12.2. The van der Waals surface area contributed by atoms with E-state index in [1.807, 2.05) is 31.2 Å². The maximum atomic E-state index is 12.2. The second-order valence-corrected chi connectivity index (χ2v) is 12.5. The Kier molecular flexibility index (Phi) is 7.08. The average molecular weight is 632 g/mol. The fourth-order valence-corrected chi connectivity index (χ4v) is 6.75. The second kappa shape index (κ2) is 12.1. The van der Waals surface area contributed by atoms with Crippen LogP contribution in [0.1, 0.15) is 69.2 Å². The molecule has 234 valence electrons. The number of fused-ring (bicyclic) bond motifs is 2. The molecule has 0 unspecified atom stereocenters. The lowest BCUT2D eigenvalue weighted by Crippen LogP contribution is -2.36. The first kappa shape index (κ1) is 26.3. The van der Waals surface area contributed by atoms with Gasteiger partial charge in [-0.3, -0.25) is 4.90 Å². The molecule has 0 saturated carbocycles. The first-order valence-corrected chi connectivity index (χ1v) is 15.7. The fourth-order valence-electron chi connectivity index (χ4n) is 6.59. The van der Waals surface area contributed by atoms with Crippen molar-refractivity contribution in [2.45, 2.75) is 56.9 Å². The number of para-hydroxylation sites is 1. The Balaban J connectivity index is 1.10. The lowest BCUT2D eigenvalue weighted by atomic mass is 9.85. The topological polar surface area (TPSA) is 87.9 Å². The predicted molar refractivity (Wildman–Crippen MR) is 172 cm³/mol. The number of nitrogens with zero attached hydrogens (tertiary/aromatic N) is 4. The standard InChI is InChI=1S/C35H37ClN4O5/c1-35(27-8-7-24(36)19-30(27)42-2)15-11-23-5-4-6-26(32(23)45-35)22-12-16-39(17-13-22)21-31-37-28-9-10-29(34(41)43-3)38-33(28)40(31)20-25-14-18-44-25/h4-11,15,19,22,25H,12-14,16-18,20-21H2,1-3H3/t25-,35+/m0/s1/i2D3. The van der Waals surface area contributed by atoms with Crippen LogP contribution in [0.25, 0.3) is 17.2 Å². The predicted octanol–water partition coefficient (Wildman–Crippen LogP) is 6.37. The van der Waals surface area contributed by atoms with Crippen LogP contribution in [-0.4, -0.2) is 65.4 Å². The second-order valence-electron chi connectivity index (χ2n) is 12.1. The van der Waals surface area contributed by atoms with E-state index in [-0.39, 0.29) is 23.5 Å². The van der Waals surface area contributed by atoms with E-state index in [2.05, 4.69) is 26.6 Å². The Hall–Kier alpha value is -3.92. The van der Waals surface area contributed by atoms with Crippen LogP contribution in [0.3, 0.4) is 0 Å². The van der Waals surface area contributed by atoms with Crippen molar-refractivity contribution < 1.29 is 27.9 Å². The highest BCUT2D eigenvalue weighted by Crippen LogP contribution is 2.46. The quantitative estimate of drug-likeness (QED) is 0.207. The minimum atomic E-state index is -2.64. The first-order chi connectivity index (χ1) is 23.0. The number of carbonyl (C=O) groups excluding carboxylic acids is 1. The van der Waals surface area contributed by atoms with Crippen molar-refractivity contribution in [2.24, 2.45) is 0 Å². The van der Waals surface area contributed by atoms with Crippen LogP contribution in [0.4, 0.5) is 0 Å². The first-order valence-electron chi connectivity index (χ1n) is 16.8. The van der Waals surface area contributed by atoms with E-state index in [0.29, 0.717) is 29.3 Å². The van der Waals surface area contributed by atoms with Crippen LogP contribution >= 0.6 is 11.6 Å². The van der Waals surface area contributed by atoms with E-state index in [0.717, 1.165) is 67.2 Å². The number of rotatable bonds is 8. The maximum Gasteiger partial charge on any atom is 0.356 e. The van der Waals surface area contributed by atoms with E-state index in [1.165, 1.54) is 13.2 Å². The molecule has 2 aromatic carbocycles. The summed E-state index contributed by atoms with van der Waals surface area (Å²) in [4.78, 5) is 24.2. The van der Waals surface area contributed by atoms with Gasteiger partial charge in [-0.25, -0.2) is 14.8 Å². The van der Waals surface area contributed by atoms with Crippen molar-refractivity contribution in [1.82, 2.24) is 19.4 Å². The van der Waals surface area contributed by atoms with E-state index in [4.69, 9.17) is 39.6 Å². The van der Waals surface area contributed by atoms with Crippen LogP contribution < -0.4 is 9.47 Å². The van der Waals surface area contributed by atoms with Crippen molar-refractivity contribution in [3.8, 4) is 11.5 Å². The number of piperidine rings is 1. The molecule has 3 aliphatic heterocycles. The third-order valence-corrected chi connectivity index (χ3v) is 9.43. The van der Waals surface area contributed by atoms with Gasteiger partial charge in [-0.2, -0.15) is 0 Å². The molecule has 0 amide bonds. The van der Waals surface area contributed by atoms with Gasteiger partial charge in [0.2, 0.25) is 0 Å². The van der Waals surface area contributed by atoms with Crippen molar-refractivity contribution in [1.29, 1.82) is 0 Å². The van der Waals surface area contributed by atoms with Gasteiger partial charge in [0.1, 0.15) is 22.8 Å². The normalized spacial score (nSPS) is 22.9. The molecule has 5 heterocycles. The molecule has 2 saturated heterocycles. The number of ether oxygens (including phenoxy) is 4. The summed E-state index contributed by atoms with van der Waals surface area (Å²) in [6.07, 6.45) is 6.88. The Morgan fingerprint density at radius 1 is 1.16 bits per heavy atom. The third kappa shape index (κ3) is 5.69. The highest BCUT2D eigenvalue weighted by molar-refractivity contribution is 6.30. The van der Waals surface area contributed by atoms with Crippen molar-refractivity contribution in [3.05, 3.63) is 87.8 Å². The zero-order valence-corrected chi connectivity index (χ0v) is 26.0. The van der Waals surface area contributed by atoms with Gasteiger partial charge in [-0.1, -0.05) is 35.9 Å². The van der Waals surface area contributed by atoms with Crippen molar-refractivity contribution in [2.75, 3.05) is 33.8 Å². The number of hydrogen-bond donors (Lipinski definition) is 0. The van der Waals surface area contributed by atoms with Crippen molar-refractivity contribution in [3.63, 3.8) is 0 Å². The molecule has 2 fully saturated rings. The molecule has 0 N–H and O–H groups in total. The Bertz CT molecular complexity index is 1880. The van der Waals surface area contributed by atoms with Crippen LogP contribution in [-0.2, 0) is 28.2 Å². The summed E-state index contributed by atoms with van der Waals surface area (Å²) >= 11 is 6.23. The highest BCUT2D eigenvalue weighted by Gasteiger charge is 2.35. The molecule has 0 radical (unpaired) electrons. The van der Waals surface area contributed by atoms with Gasteiger partial charge in [-0.05, 0) is 87.2 Å². The highest BCUT2D eigenvalue weighted by atomic mass is 35.5. The van der Waals surface area contributed by atoms with Gasteiger partial charge in [0, 0.05) is 22.8 Å². The van der Waals surface area contributed by atoms with Gasteiger partial charge < -0.3 is 23.5 Å². The molecule has 10 heteroatoms. The minimum absolute atomic E-state index is 0.100. The molecule has 2 aromatic heterocycles. The number of halogens is 1. The SMILES string of the molecule is [2H]C([2H])([2H])Oc1cc(Cl)ccc1[C@@]1(C)C=Cc2cccc(C3CCN(Cc4nc5ccc(C(=O)OC)nc5n4C[C@@H]4CCO4)CC3)c2O1. The number of aromatic nitrogens is 3. The van der Waals surface area contributed by atoms with Gasteiger partial charge in [-0.15, -0.1) is 0 Å². The summed E-state index contributed by atoms with van der Waals surface area (Å²) in [5.74, 6) is 1.64. The molecule has 4 aromatic rings. The number of imidazole rings is 1. The molecule has 9 nitrogen and oxygen atoms in total. The Morgan fingerprint density at radius 2 is 2.00 bits per heavy atom. The molecule has 45 heavy (non-hydrogen) atoms. The monoisotopic (exact) mass is 631 g/mol. The van der Waals surface area contributed by atoms with Crippen molar-refractivity contribution >= 4 is 34.8 Å². The number of likely N-dealkylation sites (tertiary alicyclic amines) is 1. The number of hydrogen-bond acceptors (Lipinski definition) is 8. The number of esters is 1. The van der Waals surface area contributed by atoms with Crippen LogP contribution in [0.5, 0.6) is 11.5 Å². The summed E-state index contributed by atoms with van der Waals surface area (Å²) in [6, 6.07) is 14.7. The Labute approximate surface area is 271 Å². The van der Waals surface area contributed by atoms with Gasteiger partial charge >= 0.3 is 5.97 Å². The van der Waals surface area contributed by atoms with Crippen LogP contribution in [0.2, 0.25) is 5.02 Å². The largest absolute Gasteiger partial charge is 0.496 e. The molecule has 0 aliphatic carbocycles. The number of pyridine rings is 1. The zero-order chi connectivity index (χ0) is 33.6. The summed E-state index contributed by atoms with van der Waals surface area (Å²) in [7, 11) is -1.29. The molecule has 2 atom stereocenters. The molecular weight excluding hydrogens is 592 g/mol. The zero-order valence-electron chi connectivity index (χ0n) is 28.3. The van der Waals surface area contributed by atoms with Gasteiger partial charge in [0.25, 0.3) is 0 Å². The number of methoxy groups -OCH3 is 2. The molecule has 0 bridgehead atoms. The fraction of sp³-hybridized carbons (Fsp3) is 0.400. The molecular formula is C35H37ClN4O5. The van der Waals surface area contributed by atoms with Crippen LogP contribution in [0, 0.1) is 0 Å². The smallest absolute Gasteiger partial charge is 0.356 e. The Morgan fingerprint density at radius 3 is 2.76 bits per heavy atom. The third-order valence-electron chi connectivity index (χ3n) is 9.20. The van der Waals surface area contributed by atoms with E-state index in [9.17, 15) is 4.79 Å². The molecule has 0 spiro atoms. The summed E-state index contributed by atoms with van der Waals surface area (Å²) in [5, 5.41) is 0.378. The number of carbonyl (C=O) groups is 1. The summed E-state index contributed by atoms with van der Waals surface area (Å²) in [5.41, 5.74) is 3.37. The minimum Gasteiger partial charge on any atom is -0.496 e. The molecule has 3 aliphatic rings. The average Bonchev–Trinajstić information content (AvgIpc) is 3.37. The summed E-state index contributed by atoms with van der Waals surface area (Å²) in [6.45, 7) is 5.66. The van der Waals surface area contributed by atoms with Gasteiger partial charge in [0.15, 0.2) is 16.9 Å². The van der Waals surface area contributed by atoms with E-state index in [1.54, 1.807) is 18.2 Å². The van der Waals surface area contributed by atoms with E-state index < -0.39 is 18.6 Å². The summed E-state index contributed by atoms with van der Waals surface area (Å²) < 4.78 is 47.9. The lowest BCUT2D eigenvalue weighted by Gasteiger charge is -2.37. The van der Waals surface area contributed by atoms with Crippen LogP contribution in [0.15, 0.2) is 54.6 Å². The molecule has 7 rings (SSSR count). The van der Waals surface area contributed by atoms with Gasteiger partial charge in [0.05, 0.1) is 37.5 Å². The number of benzene rings is 2. The van der Waals surface area contributed by atoms with E-state index >= 15 is 0 Å². The lowest BCUT2D eigenvalue weighted by molar-refractivity contribution is -0.0593.